The van der Waals surface area contributed by atoms with Crippen LogP contribution in [0.5, 0.6) is 0 Å². The van der Waals surface area contributed by atoms with E-state index in [1.165, 1.54) is 17.8 Å². The molecule has 0 aromatic carbocycles. The number of nitrogens with one attached hydrogen (secondary N) is 1. The molecule has 0 spiro atoms. The number of thiophene rings is 1. The summed E-state index contributed by atoms with van der Waals surface area (Å²) in [6, 6.07) is 1.59. The van der Waals surface area contributed by atoms with E-state index in [0.29, 0.717) is 0 Å². The number of carbonyl (C=O) groups is 1. The van der Waals surface area contributed by atoms with Crippen LogP contribution in [0.1, 0.15) is 30.6 Å². The van der Waals surface area contributed by atoms with E-state index in [9.17, 15) is 13.2 Å². The van der Waals surface area contributed by atoms with Crippen molar-refractivity contribution in [1.29, 1.82) is 0 Å². The van der Waals surface area contributed by atoms with Crippen LogP contribution in [0.4, 0.5) is 0 Å². The predicted molar refractivity (Wildman–Crippen MR) is 87.0 cm³/mol. The summed E-state index contributed by atoms with van der Waals surface area (Å²) >= 11 is 4.67. The van der Waals surface area contributed by atoms with Crippen LogP contribution in [0.15, 0.2) is 14.7 Å². The third kappa shape index (κ3) is 4.51. The lowest BCUT2D eigenvalue weighted by Gasteiger charge is -2.26. The number of hydrogen-bond acceptors (Lipinski definition) is 4. The highest BCUT2D eigenvalue weighted by molar-refractivity contribution is 9.11. The molecule has 0 aliphatic carbocycles. The Balaban J connectivity index is 1.87. The molecular weight excluding hydrogens is 376 g/mol. The Kier molecular flexibility index (Phi) is 5.81. The highest BCUT2D eigenvalue weighted by Gasteiger charge is 2.21. The van der Waals surface area contributed by atoms with Crippen LogP contribution in [0.25, 0.3) is 0 Å². The molecule has 1 fully saturated rings. The topological polar surface area (TPSA) is 66.5 Å². The number of carbonyl (C=O) groups excluding carboxylic acids is 1. The fourth-order valence-electron chi connectivity index (χ4n) is 2.37. The average Bonchev–Trinajstić information content (AvgIpc) is 2.79. The molecule has 0 radical (unpaired) electrons. The molecule has 1 aliphatic rings. The lowest BCUT2D eigenvalue weighted by molar-refractivity contribution is -0.131. The Labute approximate surface area is 137 Å². The number of halogens is 1. The number of amides is 1. The smallest absolute Gasteiger partial charge is 0.241 e. The van der Waals surface area contributed by atoms with Crippen molar-refractivity contribution < 1.29 is 13.2 Å². The molecule has 1 amide bonds. The van der Waals surface area contributed by atoms with E-state index < -0.39 is 10.0 Å². The summed E-state index contributed by atoms with van der Waals surface area (Å²) < 4.78 is 27.6. The van der Waals surface area contributed by atoms with Crippen molar-refractivity contribution in [1.82, 2.24) is 9.62 Å². The lowest BCUT2D eigenvalue weighted by Crippen LogP contribution is -2.37. The first-order valence-corrected chi connectivity index (χ1v) is 10.0. The van der Waals surface area contributed by atoms with Gasteiger partial charge in [0.2, 0.25) is 15.9 Å². The van der Waals surface area contributed by atoms with Gasteiger partial charge in [-0.25, -0.2) is 13.1 Å². The van der Waals surface area contributed by atoms with Gasteiger partial charge in [0.15, 0.2) is 0 Å². The molecule has 0 bridgehead atoms. The number of hydrogen-bond donors (Lipinski definition) is 1. The maximum absolute atomic E-state index is 12.2. The van der Waals surface area contributed by atoms with Gasteiger partial charge in [0.25, 0.3) is 0 Å². The van der Waals surface area contributed by atoms with Crippen molar-refractivity contribution in [2.24, 2.45) is 0 Å². The molecular formula is C13H19BrN2O3S2. The van der Waals surface area contributed by atoms with Crippen LogP contribution >= 0.6 is 27.3 Å². The van der Waals surface area contributed by atoms with Crippen LogP contribution in [-0.4, -0.2) is 38.9 Å². The van der Waals surface area contributed by atoms with Gasteiger partial charge < -0.3 is 4.90 Å². The van der Waals surface area contributed by atoms with Gasteiger partial charge in [-0.2, -0.15) is 0 Å². The maximum atomic E-state index is 12.2. The number of sulfonamides is 1. The molecule has 1 aromatic heterocycles. The molecule has 1 saturated heterocycles. The van der Waals surface area contributed by atoms with E-state index in [-0.39, 0.29) is 23.8 Å². The fourth-order valence-corrected chi connectivity index (χ4v) is 5.81. The molecule has 0 atom stereocenters. The minimum Gasteiger partial charge on any atom is -0.343 e. The van der Waals surface area contributed by atoms with Gasteiger partial charge in [0.1, 0.15) is 0 Å². The molecule has 1 N–H and O–H groups in total. The van der Waals surface area contributed by atoms with E-state index in [0.717, 1.165) is 34.6 Å². The first kappa shape index (κ1) is 16.9. The summed E-state index contributed by atoms with van der Waals surface area (Å²) in [7, 11) is -3.54. The van der Waals surface area contributed by atoms with E-state index in [1.807, 2.05) is 4.90 Å². The number of aryl methyl sites for hydroxylation is 1. The van der Waals surface area contributed by atoms with Crippen molar-refractivity contribution in [3.63, 3.8) is 0 Å². The lowest BCUT2D eigenvalue weighted by atomic mass is 10.1. The number of rotatable bonds is 5. The monoisotopic (exact) mass is 394 g/mol. The van der Waals surface area contributed by atoms with Crippen LogP contribution in [0, 0.1) is 6.92 Å². The zero-order chi connectivity index (χ0) is 15.5. The van der Waals surface area contributed by atoms with Gasteiger partial charge in [0.05, 0.1) is 8.68 Å². The highest BCUT2D eigenvalue weighted by atomic mass is 79.9. The number of likely N-dealkylation sites (tertiary alicyclic amines) is 1. The standard InChI is InChI=1S/C13H19BrN2O3S2/c1-10-11(9-12(14)20-10)21(18,19)15-6-5-13(17)16-7-3-2-4-8-16/h9,15H,2-8H2,1H3. The first-order chi connectivity index (χ1) is 9.90. The quantitative estimate of drug-likeness (QED) is 0.833. The van der Waals surface area contributed by atoms with E-state index in [4.69, 9.17) is 0 Å². The minimum absolute atomic E-state index is 0.0284. The molecule has 1 aromatic rings. The van der Waals surface area contributed by atoms with Gasteiger partial charge in [-0.15, -0.1) is 11.3 Å². The van der Waals surface area contributed by atoms with Gasteiger partial charge in [0, 0.05) is 30.9 Å². The molecule has 0 unspecified atom stereocenters. The third-order valence-corrected chi connectivity index (χ3v) is 6.74. The molecule has 2 heterocycles. The van der Waals surface area contributed by atoms with Gasteiger partial charge in [-0.1, -0.05) is 0 Å². The third-order valence-electron chi connectivity index (χ3n) is 3.47. The average molecular weight is 395 g/mol. The largest absolute Gasteiger partial charge is 0.343 e. The summed E-state index contributed by atoms with van der Waals surface area (Å²) in [6.07, 6.45) is 3.46. The molecule has 0 saturated carbocycles. The maximum Gasteiger partial charge on any atom is 0.241 e. The van der Waals surface area contributed by atoms with Crippen LogP contribution in [-0.2, 0) is 14.8 Å². The van der Waals surface area contributed by atoms with Crippen molar-refractivity contribution in [3.05, 3.63) is 14.7 Å². The van der Waals surface area contributed by atoms with Crippen molar-refractivity contribution in [2.75, 3.05) is 19.6 Å². The summed E-state index contributed by atoms with van der Waals surface area (Å²) in [4.78, 5) is 14.8. The normalized spacial score (nSPS) is 16.2. The summed E-state index contributed by atoms with van der Waals surface area (Å²) in [5.74, 6) is 0.0284. The molecule has 118 valence electrons. The summed E-state index contributed by atoms with van der Waals surface area (Å²) in [5.41, 5.74) is 0. The van der Waals surface area contributed by atoms with Gasteiger partial charge >= 0.3 is 0 Å². The van der Waals surface area contributed by atoms with Crippen LogP contribution in [0.3, 0.4) is 0 Å². The zero-order valence-electron chi connectivity index (χ0n) is 11.9. The Morgan fingerprint density at radius 1 is 1.38 bits per heavy atom. The Morgan fingerprint density at radius 2 is 2.05 bits per heavy atom. The van der Waals surface area contributed by atoms with Crippen LogP contribution < -0.4 is 4.72 Å². The number of nitrogens with zero attached hydrogens (tertiary/aromatic N) is 1. The number of piperidine rings is 1. The summed E-state index contributed by atoms with van der Waals surface area (Å²) in [5, 5.41) is 0. The molecule has 8 heteroatoms. The van der Waals surface area contributed by atoms with E-state index >= 15 is 0 Å². The minimum atomic E-state index is -3.54. The Morgan fingerprint density at radius 3 is 2.62 bits per heavy atom. The molecule has 1 aliphatic heterocycles. The van der Waals surface area contributed by atoms with Crippen molar-refractivity contribution in [2.45, 2.75) is 37.5 Å². The van der Waals surface area contributed by atoms with E-state index in [1.54, 1.807) is 13.0 Å². The van der Waals surface area contributed by atoms with Gasteiger partial charge in [-0.3, -0.25) is 4.79 Å². The Bertz CT molecular complexity index is 607. The van der Waals surface area contributed by atoms with Crippen LogP contribution in [0.2, 0.25) is 0 Å². The fraction of sp³-hybridized carbons (Fsp3) is 0.615. The van der Waals surface area contributed by atoms with Crippen molar-refractivity contribution >= 4 is 43.2 Å². The second-order valence-corrected chi connectivity index (χ2v) is 9.43. The van der Waals surface area contributed by atoms with E-state index in [2.05, 4.69) is 20.7 Å². The summed E-state index contributed by atoms with van der Waals surface area (Å²) in [6.45, 7) is 3.50. The molecule has 21 heavy (non-hydrogen) atoms. The predicted octanol–water partition coefficient (Wildman–Crippen LogP) is 2.50. The first-order valence-electron chi connectivity index (χ1n) is 6.93. The highest BCUT2D eigenvalue weighted by Crippen LogP contribution is 2.29. The second kappa shape index (κ2) is 7.21. The SMILES string of the molecule is Cc1sc(Br)cc1S(=O)(=O)NCCC(=O)N1CCCCC1. The molecule has 2 rings (SSSR count). The van der Waals surface area contributed by atoms with Crippen molar-refractivity contribution in [3.8, 4) is 0 Å². The molecule has 5 nitrogen and oxygen atoms in total. The van der Waals surface area contributed by atoms with Gasteiger partial charge in [-0.05, 0) is 48.2 Å². The Hall–Kier alpha value is -0.440. The second-order valence-electron chi connectivity index (χ2n) is 5.06. The zero-order valence-corrected chi connectivity index (χ0v) is 15.1.